The Balaban J connectivity index is 1.50. The SMILES string of the molecule is CCCN(CCC)C(=O)c1cc(C)cc(C(=O)N[C@@H](Cc2cc(F)cc(F)c2)[C@H](O)CNCc2cccc(-c3ccc(OC)nc3)c2)c1. The van der Waals surface area contributed by atoms with Gasteiger partial charge in [0.15, 0.2) is 0 Å². The number of aromatic nitrogens is 1. The van der Waals surface area contributed by atoms with Crippen LogP contribution in [0.15, 0.2) is 79.0 Å². The first-order chi connectivity index (χ1) is 23.1. The number of rotatable bonds is 16. The van der Waals surface area contributed by atoms with Crippen molar-refractivity contribution in [1.29, 1.82) is 0 Å². The standard InChI is InChI=1S/C38H44F2N4O4/c1-5-12-44(13-6-2)38(47)31-15-25(3)14-30(20-31)37(46)43-34(19-27-17-32(39)21-33(40)18-27)35(45)24-41-22-26-8-7-9-28(16-26)29-10-11-36(48-4)42-23-29/h7-11,14-18,20-21,23,34-35,41,45H,5-6,12-13,19,22,24H2,1-4H3,(H,43,46)/t34-,35+/m0/s1. The molecule has 1 aromatic heterocycles. The van der Waals surface area contributed by atoms with E-state index in [1.165, 1.54) is 12.1 Å². The third-order valence-corrected chi connectivity index (χ3v) is 7.91. The number of aliphatic hydroxyl groups excluding tert-OH is 1. The second kappa shape index (κ2) is 17.5. The Hall–Kier alpha value is -4.67. The number of benzene rings is 3. The van der Waals surface area contributed by atoms with E-state index < -0.39 is 29.7 Å². The van der Waals surface area contributed by atoms with E-state index in [9.17, 15) is 23.5 Å². The van der Waals surface area contributed by atoms with Gasteiger partial charge in [-0.3, -0.25) is 9.59 Å². The zero-order valence-corrected chi connectivity index (χ0v) is 27.9. The van der Waals surface area contributed by atoms with E-state index in [0.717, 1.165) is 41.2 Å². The Morgan fingerprint density at radius 1 is 0.896 bits per heavy atom. The lowest BCUT2D eigenvalue weighted by molar-refractivity contribution is 0.0755. The molecule has 0 aliphatic rings. The maximum Gasteiger partial charge on any atom is 0.253 e. The molecule has 48 heavy (non-hydrogen) atoms. The van der Waals surface area contributed by atoms with Crippen molar-refractivity contribution in [2.75, 3.05) is 26.7 Å². The normalized spacial score (nSPS) is 12.3. The first-order valence-electron chi connectivity index (χ1n) is 16.2. The number of amides is 2. The minimum atomic E-state index is -1.12. The highest BCUT2D eigenvalue weighted by Crippen LogP contribution is 2.22. The van der Waals surface area contributed by atoms with Crippen LogP contribution in [0.2, 0.25) is 0 Å². The predicted octanol–water partition coefficient (Wildman–Crippen LogP) is 6.10. The highest BCUT2D eigenvalue weighted by atomic mass is 19.1. The van der Waals surface area contributed by atoms with Gasteiger partial charge in [-0.05, 0) is 90.9 Å². The lowest BCUT2D eigenvalue weighted by atomic mass is 9.99. The summed E-state index contributed by atoms with van der Waals surface area (Å²) in [4.78, 5) is 33.0. The summed E-state index contributed by atoms with van der Waals surface area (Å²) in [5, 5.41) is 17.4. The molecule has 3 N–H and O–H groups in total. The summed E-state index contributed by atoms with van der Waals surface area (Å²) >= 11 is 0. The number of nitrogens with zero attached hydrogens (tertiary/aromatic N) is 2. The Labute approximate surface area is 281 Å². The average molecular weight is 659 g/mol. The Morgan fingerprint density at radius 3 is 2.25 bits per heavy atom. The zero-order chi connectivity index (χ0) is 34.6. The van der Waals surface area contributed by atoms with Gasteiger partial charge < -0.3 is 25.4 Å². The predicted molar refractivity (Wildman–Crippen MR) is 183 cm³/mol. The van der Waals surface area contributed by atoms with Gasteiger partial charge in [0, 0.05) is 61.2 Å². The third kappa shape index (κ3) is 10.2. The van der Waals surface area contributed by atoms with Gasteiger partial charge in [-0.1, -0.05) is 32.0 Å². The number of carbonyl (C=O) groups is 2. The van der Waals surface area contributed by atoms with Crippen LogP contribution in [0, 0.1) is 18.6 Å². The van der Waals surface area contributed by atoms with Crippen molar-refractivity contribution in [3.8, 4) is 17.0 Å². The van der Waals surface area contributed by atoms with Crippen LogP contribution in [-0.4, -0.2) is 65.7 Å². The maximum atomic E-state index is 14.1. The number of aliphatic hydroxyl groups is 1. The summed E-state index contributed by atoms with van der Waals surface area (Å²) in [6.07, 6.45) is 2.21. The quantitative estimate of drug-likeness (QED) is 0.135. The van der Waals surface area contributed by atoms with Crippen LogP contribution in [0.3, 0.4) is 0 Å². The van der Waals surface area contributed by atoms with Gasteiger partial charge in [0.2, 0.25) is 5.88 Å². The minimum Gasteiger partial charge on any atom is -0.481 e. The van der Waals surface area contributed by atoms with Gasteiger partial charge in [-0.25, -0.2) is 13.8 Å². The second-order valence-corrected chi connectivity index (χ2v) is 11.9. The molecule has 0 saturated heterocycles. The number of hydrogen-bond acceptors (Lipinski definition) is 6. The van der Waals surface area contributed by atoms with Gasteiger partial charge >= 0.3 is 0 Å². The van der Waals surface area contributed by atoms with Crippen LogP contribution in [0.4, 0.5) is 8.78 Å². The summed E-state index contributed by atoms with van der Waals surface area (Å²) in [6.45, 7) is 7.54. The van der Waals surface area contributed by atoms with E-state index in [4.69, 9.17) is 4.74 Å². The number of ether oxygens (including phenoxy) is 1. The summed E-state index contributed by atoms with van der Waals surface area (Å²) in [5.74, 6) is -1.64. The van der Waals surface area contributed by atoms with Crippen LogP contribution >= 0.6 is 0 Å². The molecule has 254 valence electrons. The molecular formula is C38H44F2N4O4. The van der Waals surface area contributed by atoms with Gasteiger partial charge in [-0.2, -0.15) is 0 Å². The Kier molecular flexibility index (Phi) is 13.2. The van der Waals surface area contributed by atoms with E-state index in [-0.39, 0.29) is 30.0 Å². The first kappa shape index (κ1) is 36.2. The molecule has 1 heterocycles. The van der Waals surface area contributed by atoms with E-state index in [2.05, 4.69) is 15.6 Å². The van der Waals surface area contributed by atoms with Crippen LogP contribution in [0.1, 0.15) is 64.1 Å². The molecule has 10 heteroatoms. The monoisotopic (exact) mass is 658 g/mol. The van der Waals surface area contributed by atoms with Crippen LogP contribution in [0.5, 0.6) is 5.88 Å². The topological polar surface area (TPSA) is 104 Å². The van der Waals surface area contributed by atoms with Crippen molar-refractivity contribution >= 4 is 11.8 Å². The molecule has 0 bridgehead atoms. The Bertz CT molecular complexity index is 1660. The molecule has 0 spiro atoms. The fourth-order valence-electron chi connectivity index (χ4n) is 5.63. The molecule has 0 saturated carbocycles. The molecule has 0 unspecified atom stereocenters. The van der Waals surface area contributed by atoms with Gasteiger partial charge in [0.25, 0.3) is 11.8 Å². The average Bonchev–Trinajstić information content (AvgIpc) is 3.07. The molecular weight excluding hydrogens is 614 g/mol. The smallest absolute Gasteiger partial charge is 0.253 e. The van der Waals surface area contributed by atoms with Crippen molar-refractivity contribution < 1.29 is 28.2 Å². The lowest BCUT2D eigenvalue weighted by Gasteiger charge is -2.25. The van der Waals surface area contributed by atoms with E-state index in [1.807, 2.05) is 51.1 Å². The molecule has 0 aliphatic heterocycles. The fourth-order valence-corrected chi connectivity index (χ4v) is 5.63. The van der Waals surface area contributed by atoms with Crippen molar-refractivity contribution in [3.63, 3.8) is 0 Å². The number of hydrogen-bond donors (Lipinski definition) is 3. The first-order valence-corrected chi connectivity index (χ1v) is 16.2. The molecule has 2 amide bonds. The van der Waals surface area contributed by atoms with Crippen molar-refractivity contribution in [3.05, 3.63) is 118 Å². The van der Waals surface area contributed by atoms with Gasteiger partial charge in [-0.15, -0.1) is 0 Å². The number of nitrogens with one attached hydrogen (secondary N) is 2. The van der Waals surface area contributed by atoms with Crippen molar-refractivity contribution in [2.45, 2.75) is 58.7 Å². The minimum absolute atomic E-state index is 0.0262. The summed E-state index contributed by atoms with van der Waals surface area (Å²) in [5.41, 5.74) is 4.52. The Morgan fingerprint density at radius 2 is 1.60 bits per heavy atom. The van der Waals surface area contributed by atoms with E-state index in [0.29, 0.717) is 31.1 Å². The molecule has 4 aromatic rings. The number of methoxy groups -OCH3 is 1. The van der Waals surface area contributed by atoms with Crippen molar-refractivity contribution in [1.82, 2.24) is 20.5 Å². The number of carbonyl (C=O) groups excluding carboxylic acids is 2. The highest BCUT2D eigenvalue weighted by Gasteiger charge is 2.24. The highest BCUT2D eigenvalue weighted by molar-refractivity contribution is 6.00. The lowest BCUT2D eigenvalue weighted by Crippen LogP contribution is -2.48. The van der Waals surface area contributed by atoms with E-state index in [1.54, 1.807) is 42.5 Å². The molecule has 3 aromatic carbocycles. The van der Waals surface area contributed by atoms with Crippen molar-refractivity contribution in [2.24, 2.45) is 0 Å². The largest absolute Gasteiger partial charge is 0.481 e. The molecule has 0 fully saturated rings. The molecule has 8 nitrogen and oxygen atoms in total. The zero-order valence-electron chi connectivity index (χ0n) is 27.9. The van der Waals surface area contributed by atoms with Crippen LogP contribution < -0.4 is 15.4 Å². The third-order valence-electron chi connectivity index (χ3n) is 7.91. The van der Waals surface area contributed by atoms with Crippen LogP contribution in [-0.2, 0) is 13.0 Å². The summed E-state index contributed by atoms with van der Waals surface area (Å²) < 4.78 is 33.3. The molecule has 0 radical (unpaired) electrons. The van der Waals surface area contributed by atoms with Crippen LogP contribution in [0.25, 0.3) is 11.1 Å². The van der Waals surface area contributed by atoms with E-state index >= 15 is 0 Å². The van der Waals surface area contributed by atoms with Gasteiger partial charge in [0.1, 0.15) is 11.6 Å². The fraction of sp³-hybridized carbons (Fsp3) is 0.342. The summed E-state index contributed by atoms with van der Waals surface area (Å²) in [6, 6.07) is 18.8. The maximum absolute atomic E-state index is 14.1. The molecule has 4 rings (SSSR count). The van der Waals surface area contributed by atoms with Gasteiger partial charge in [0.05, 0.1) is 19.3 Å². The summed E-state index contributed by atoms with van der Waals surface area (Å²) in [7, 11) is 1.56. The number of aryl methyl sites for hydroxylation is 1. The number of pyridine rings is 1. The second-order valence-electron chi connectivity index (χ2n) is 11.9. The number of halogens is 2. The molecule has 2 atom stereocenters. The molecule has 0 aliphatic carbocycles.